The predicted molar refractivity (Wildman–Crippen MR) is 119 cm³/mol. The largest absolute Gasteiger partial charge is 0.346 e. The number of aromatic nitrogens is 3. The van der Waals surface area contributed by atoms with Crippen molar-refractivity contribution in [3.63, 3.8) is 0 Å². The summed E-state index contributed by atoms with van der Waals surface area (Å²) in [6.45, 7) is 0.116. The van der Waals surface area contributed by atoms with E-state index in [1.165, 1.54) is 24.3 Å². The lowest BCUT2D eigenvalue weighted by molar-refractivity contribution is -0.130. The highest BCUT2D eigenvalue weighted by atomic mass is 19.1. The van der Waals surface area contributed by atoms with Crippen LogP contribution in [0.4, 0.5) is 4.39 Å². The minimum atomic E-state index is -0.539. The Labute approximate surface area is 189 Å². The smallest absolute Gasteiger partial charge is 0.251 e. The molecule has 3 aromatic carbocycles. The van der Waals surface area contributed by atoms with E-state index in [1.807, 2.05) is 36.4 Å². The van der Waals surface area contributed by atoms with E-state index in [0.717, 1.165) is 16.3 Å². The molecule has 9 heteroatoms. The summed E-state index contributed by atoms with van der Waals surface area (Å²) in [6.07, 6.45) is 2.14. The highest BCUT2D eigenvalue weighted by Gasteiger charge is 2.19. The van der Waals surface area contributed by atoms with Gasteiger partial charge < -0.3 is 5.32 Å². The van der Waals surface area contributed by atoms with E-state index in [4.69, 9.17) is 5.21 Å². The van der Waals surface area contributed by atoms with Crippen LogP contribution < -0.4 is 10.8 Å². The molecule has 4 rings (SSSR count). The van der Waals surface area contributed by atoms with E-state index in [2.05, 4.69) is 21.7 Å². The van der Waals surface area contributed by atoms with E-state index >= 15 is 0 Å². The number of benzene rings is 3. The summed E-state index contributed by atoms with van der Waals surface area (Å²) in [6, 6.07) is 18.9. The molecule has 0 radical (unpaired) electrons. The summed E-state index contributed by atoms with van der Waals surface area (Å²) in [5.41, 5.74) is 3.50. The van der Waals surface area contributed by atoms with Crippen molar-refractivity contribution in [1.29, 1.82) is 0 Å². The van der Waals surface area contributed by atoms with Crippen molar-refractivity contribution in [2.45, 2.75) is 25.4 Å². The van der Waals surface area contributed by atoms with Gasteiger partial charge in [0, 0.05) is 5.56 Å². The lowest BCUT2D eigenvalue weighted by Gasteiger charge is -2.16. The lowest BCUT2D eigenvalue weighted by Crippen LogP contribution is -2.25. The fraction of sp³-hybridized carbons (Fsp3) is 0.167. The fourth-order valence-electron chi connectivity index (χ4n) is 3.60. The van der Waals surface area contributed by atoms with Crippen molar-refractivity contribution >= 4 is 22.6 Å². The normalized spacial score (nSPS) is 11.8. The average molecular weight is 447 g/mol. The molecule has 0 unspecified atom stereocenters. The molecular formula is C24H22FN5O3. The molecule has 0 saturated heterocycles. The van der Waals surface area contributed by atoms with Crippen LogP contribution in [0.15, 0.2) is 72.9 Å². The quantitative estimate of drug-likeness (QED) is 0.284. The van der Waals surface area contributed by atoms with Crippen LogP contribution in [0.25, 0.3) is 10.8 Å². The molecule has 0 bridgehead atoms. The standard InChI is InChI=1S/C24H22FN5O3/c25-20-9-7-18(8-10-20)24(32)26-14-21-15-30(29-27-21)22(13-23(31)28-33)12-16-5-6-17-3-1-2-4-19(17)11-16/h1-11,15,22,33H,12-14H2,(H,26,32)(H,28,31)/t22-/m0/s1. The van der Waals surface area contributed by atoms with Crippen LogP contribution in [0, 0.1) is 5.82 Å². The van der Waals surface area contributed by atoms with Crippen molar-refractivity contribution < 1.29 is 19.2 Å². The van der Waals surface area contributed by atoms with Gasteiger partial charge in [0.2, 0.25) is 5.91 Å². The highest BCUT2D eigenvalue weighted by Crippen LogP contribution is 2.22. The van der Waals surface area contributed by atoms with Gasteiger partial charge in [-0.15, -0.1) is 5.10 Å². The maximum absolute atomic E-state index is 13.0. The Morgan fingerprint density at radius 3 is 2.55 bits per heavy atom. The van der Waals surface area contributed by atoms with Gasteiger partial charge in [-0.25, -0.2) is 14.6 Å². The highest BCUT2D eigenvalue weighted by molar-refractivity contribution is 5.94. The number of amides is 2. The van der Waals surface area contributed by atoms with Crippen LogP contribution in [0.1, 0.15) is 34.1 Å². The molecule has 4 aromatic rings. The minimum absolute atomic E-state index is 0.00589. The van der Waals surface area contributed by atoms with Crippen molar-refractivity contribution in [2.75, 3.05) is 0 Å². The summed E-state index contributed by atoms with van der Waals surface area (Å²) >= 11 is 0. The first-order chi connectivity index (χ1) is 16.0. The van der Waals surface area contributed by atoms with Crippen LogP contribution in [0.2, 0.25) is 0 Å². The molecule has 2 amide bonds. The Hall–Kier alpha value is -4.11. The third kappa shape index (κ3) is 5.58. The summed E-state index contributed by atoms with van der Waals surface area (Å²) < 4.78 is 14.6. The maximum atomic E-state index is 13.0. The molecular weight excluding hydrogens is 425 g/mol. The molecule has 0 aliphatic carbocycles. The predicted octanol–water partition coefficient (Wildman–Crippen LogP) is 3.18. The van der Waals surface area contributed by atoms with Gasteiger partial charge >= 0.3 is 0 Å². The fourth-order valence-corrected chi connectivity index (χ4v) is 3.60. The average Bonchev–Trinajstić information content (AvgIpc) is 3.31. The molecule has 168 valence electrons. The number of hydrogen-bond acceptors (Lipinski definition) is 5. The topological polar surface area (TPSA) is 109 Å². The van der Waals surface area contributed by atoms with Crippen LogP contribution in [-0.2, 0) is 17.8 Å². The summed E-state index contributed by atoms with van der Waals surface area (Å²) in [5.74, 6) is -1.32. The van der Waals surface area contributed by atoms with Gasteiger partial charge in [0.25, 0.3) is 5.91 Å². The van der Waals surface area contributed by atoms with Gasteiger partial charge in [-0.3, -0.25) is 14.8 Å². The zero-order chi connectivity index (χ0) is 23.2. The SMILES string of the molecule is O=C(C[C@H](Cc1ccc2ccccc2c1)n1cc(CNC(=O)c2ccc(F)cc2)nn1)NO. The summed E-state index contributed by atoms with van der Waals surface area (Å²) in [7, 11) is 0. The number of nitrogens with one attached hydrogen (secondary N) is 2. The molecule has 0 aliphatic rings. The molecule has 1 aromatic heterocycles. The number of rotatable bonds is 8. The zero-order valence-electron chi connectivity index (χ0n) is 17.6. The number of hydrogen-bond donors (Lipinski definition) is 3. The van der Waals surface area contributed by atoms with E-state index < -0.39 is 17.8 Å². The Bertz CT molecular complexity index is 1270. The first kappa shape index (κ1) is 22.1. The molecule has 0 fully saturated rings. The van der Waals surface area contributed by atoms with Gasteiger partial charge in [0.15, 0.2) is 0 Å². The first-order valence-electron chi connectivity index (χ1n) is 10.4. The number of carbonyl (C=O) groups excluding carboxylic acids is 2. The van der Waals surface area contributed by atoms with E-state index in [9.17, 15) is 14.0 Å². The zero-order valence-corrected chi connectivity index (χ0v) is 17.6. The Balaban J connectivity index is 1.47. The number of hydroxylamine groups is 1. The number of nitrogens with zero attached hydrogens (tertiary/aromatic N) is 3. The third-order valence-corrected chi connectivity index (χ3v) is 5.30. The van der Waals surface area contributed by atoms with E-state index in [0.29, 0.717) is 17.7 Å². The Kier molecular flexibility index (Phi) is 6.70. The molecule has 1 atom stereocenters. The molecule has 0 saturated carbocycles. The van der Waals surface area contributed by atoms with Crippen molar-refractivity contribution in [3.05, 3.63) is 95.6 Å². The third-order valence-electron chi connectivity index (χ3n) is 5.30. The lowest BCUT2D eigenvalue weighted by atomic mass is 10.00. The second-order valence-corrected chi connectivity index (χ2v) is 7.66. The second kappa shape index (κ2) is 10.0. The molecule has 1 heterocycles. The van der Waals surface area contributed by atoms with Gasteiger partial charge in [-0.1, -0.05) is 47.7 Å². The van der Waals surface area contributed by atoms with Crippen LogP contribution in [-0.4, -0.2) is 32.0 Å². The summed E-state index contributed by atoms with van der Waals surface area (Å²) in [4.78, 5) is 24.1. The number of halogens is 1. The van der Waals surface area contributed by atoms with Crippen LogP contribution in [0.5, 0.6) is 0 Å². The Morgan fingerprint density at radius 2 is 1.79 bits per heavy atom. The maximum Gasteiger partial charge on any atom is 0.251 e. The van der Waals surface area contributed by atoms with Crippen LogP contribution in [0.3, 0.4) is 0 Å². The first-order valence-corrected chi connectivity index (χ1v) is 10.4. The molecule has 0 spiro atoms. The summed E-state index contributed by atoms with van der Waals surface area (Å²) in [5, 5.41) is 22.1. The molecule has 0 aliphatic heterocycles. The Morgan fingerprint density at radius 1 is 1.03 bits per heavy atom. The minimum Gasteiger partial charge on any atom is -0.346 e. The number of fused-ring (bicyclic) bond motifs is 1. The van der Waals surface area contributed by atoms with Crippen molar-refractivity contribution in [2.24, 2.45) is 0 Å². The van der Waals surface area contributed by atoms with E-state index in [-0.39, 0.29) is 18.9 Å². The van der Waals surface area contributed by atoms with Gasteiger partial charge in [-0.2, -0.15) is 0 Å². The van der Waals surface area contributed by atoms with Crippen LogP contribution >= 0.6 is 0 Å². The van der Waals surface area contributed by atoms with Gasteiger partial charge in [0.05, 0.1) is 25.2 Å². The monoisotopic (exact) mass is 447 g/mol. The van der Waals surface area contributed by atoms with Crippen molar-refractivity contribution in [1.82, 2.24) is 25.8 Å². The van der Waals surface area contributed by atoms with Crippen molar-refractivity contribution in [3.8, 4) is 0 Å². The molecule has 33 heavy (non-hydrogen) atoms. The van der Waals surface area contributed by atoms with Gasteiger partial charge in [0.1, 0.15) is 11.5 Å². The van der Waals surface area contributed by atoms with Gasteiger partial charge in [-0.05, 0) is 47.0 Å². The number of carbonyl (C=O) groups is 2. The second-order valence-electron chi connectivity index (χ2n) is 7.66. The molecule has 3 N–H and O–H groups in total. The molecule has 8 nitrogen and oxygen atoms in total. The van der Waals surface area contributed by atoms with E-state index in [1.54, 1.807) is 16.4 Å².